The Morgan fingerprint density at radius 2 is 1.87 bits per heavy atom. The van der Waals surface area contributed by atoms with Gasteiger partial charge in [0.1, 0.15) is 17.0 Å². The molecule has 30 heavy (non-hydrogen) atoms. The zero-order valence-electron chi connectivity index (χ0n) is 17.9. The Hall–Kier alpha value is -2.64. The lowest BCUT2D eigenvalue weighted by molar-refractivity contribution is 0.0996. The number of fused-ring (bicyclic) bond motifs is 1. The molecule has 0 saturated carbocycles. The first kappa shape index (κ1) is 22.1. The highest BCUT2D eigenvalue weighted by Gasteiger charge is 2.13. The summed E-state index contributed by atoms with van der Waals surface area (Å²) >= 11 is 1.47. The fourth-order valence-corrected chi connectivity index (χ4v) is 4.13. The van der Waals surface area contributed by atoms with Crippen LogP contribution in [0, 0.1) is 0 Å². The zero-order chi connectivity index (χ0) is 21.5. The summed E-state index contributed by atoms with van der Waals surface area (Å²) in [5.74, 6) is 1.23. The molecule has 0 aliphatic carbocycles. The van der Waals surface area contributed by atoms with Gasteiger partial charge in [0, 0.05) is 18.7 Å². The van der Waals surface area contributed by atoms with Crippen LogP contribution in [-0.2, 0) is 11.3 Å². The largest absolute Gasteiger partial charge is 0.492 e. The number of benzene rings is 2. The minimum Gasteiger partial charge on any atom is -0.492 e. The second-order valence-electron chi connectivity index (χ2n) is 6.88. The molecule has 3 rings (SSSR count). The van der Waals surface area contributed by atoms with E-state index in [0.29, 0.717) is 36.7 Å². The maximum absolute atomic E-state index is 12.8. The maximum Gasteiger partial charge on any atom is 0.279 e. The predicted octanol–water partition coefficient (Wildman–Crippen LogP) is 4.67. The Labute approximate surface area is 180 Å². The normalized spacial score (nSPS) is 12.0. The first-order valence-corrected chi connectivity index (χ1v) is 11.0. The van der Waals surface area contributed by atoms with E-state index in [1.807, 2.05) is 50.5 Å². The van der Waals surface area contributed by atoms with E-state index in [0.717, 1.165) is 21.7 Å². The summed E-state index contributed by atoms with van der Waals surface area (Å²) in [6.45, 7) is 10.2. The first-order valence-electron chi connectivity index (χ1n) is 10.2. The lowest BCUT2D eigenvalue weighted by Gasteiger charge is -2.10. The van der Waals surface area contributed by atoms with Crippen LogP contribution in [0.2, 0.25) is 0 Å². The molecule has 0 radical (unpaired) electrons. The van der Waals surface area contributed by atoms with Gasteiger partial charge in [0.2, 0.25) is 0 Å². The van der Waals surface area contributed by atoms with Crippen molar-refractivity contribution in [2.45, 2.75) is 40.3 Å². The van der Waals surface area contributed by atoms with Crippen molar-refractivity contribution in [1.82, 2.24) is 4.57 Å². The number of para-hydroxylation sites is 1. The van der Waals surface area contributed by atoms with Crippen LogP contribution in [0.4, 0.5) is 0 Å². The maximum atomic E-state index is 12.8. The minimum absolute atomic E-state index is 0.0821. The van der Waals surface area contributed by atoms with Crippen molar-refractivity contribution >= 4 is 27.5 Å². The van der Waals surface area contributed by atoms with Crippen molar-refractivity contribution in [2.24, 2.45) is 4.99 Å². The van der Waals surface area contributed by atoms with Gasteiger partial charge in [-0.25, -0.2) is 0 Å². The molecule has 0 atom stereocenters. The van der Waals surface area contributed by atoms with E-state index < -0.39 is 0 Å². The second-order valence-corrected chi connectivity index (χ2v) is 7.89. The molecule has 0 spiro atoms. The molecule has 7 heteroatoms. The lowest BCUT2D eigenvalue weighted by atomic mass is 10.2. The van der Waals surface area contributed by atoms with Crippen LogP contribution in [-0.4, -0.2) is 36.4 Å². The number of amides is 1. The van der Waals surface area contributed by atoms with Gasteiger partial charge < -0.3 is 18.8 Å². The second kappa shape index (κ2) is 10.4. The summed E-state index contributed by atoms with van der Waals surface area (Å²) in [6, 6.07) is 13.0. The number of carbonyl (C=O) groups excluding carboxylic acids is 1. The van der Waals surface area contributed by atoms with Gasteiger partial charge in [-0.15, -0.1) is 0 Å². The van der Waals surface area contributed by atoms with Crippen molar-refractivity contribution < 1.29 is 19.0 Å². The molecule has 160 valence electrons. The summed E-state index contributed by atoms with van der Waals surface area (Å²) in [6.07, 6.45) is 0.0821. The summed E-state index contributed by atoms with van der Waals surface area (Å²) in [5.41, 5.74) is 1.46. The number of hydrogen-bond donors (Lipinski definition) is 0. The van der Waals surface area contributed by atoms with Crippen LogP contribution in [0.1, 0.15) is 38.1 Å². The quantitative estimate of drug-likeness (QED) is 0.465. The molecule has 1 amide bonds. The van der Waals surface area contributed by atoms with Gasteiger partial charge in [-0.1, -0.05) is 17.4 Å². The van der Waals surface area contributed by atoms with Crippen LogP contribution in [0.15, 0.2) is 47.5 Å². The van der Waals surface area contributed by atoms with E-state index >= 15 is 0 Å². The molecule has 0 bridgehead atoms. The molecule has 0 aliphatic rings. The van der Waals surface area contributed by atoms with E-state index in [1.165, 1.54) is 11.3 Å². The third kappa shape index (κ3) is 5.29. The van der Waals surface area contributed by atoms with E-state index in [2.05, 4.69) is 4.99 Å². The van der Waals surface area contributed by atoms with Gasteiger partial charge in [-0.2, -0.15) is 4.99 Å². The van der Waals surface area contributed by atoms with Gasteiger partial charge >= 0.3 is 0 Å². The highest BCUT2D eigenvalue weighted by Crippen LogP contribution is 2.27. The molecular weight excluding hydrogens is 400 g/mol. The molecule has 1 aromatic heterocycles. The zero-order valence-corrected chi connectivity index (χ0v) is 18.7. The standard InChI is InChI=1S/C23H28N2O4S/c1-5-27-15-14-25-21-19(28-6-2)8-7-9-20(21)30-23(25)24-22(26)17-10-12-18(13-11-17)29-16(3)4/h7-13,16H,5-6,14-15H2,1-4H3. The number of hydrogen-bond acceptors (Lipinski definition) is 5. The van der Waals surface area contributed by atoms with Gasteiger partial charge in [0.15, 0.2) is 4.80 Å². The van der Waals surface area contributed by atoms with Crippen molar-refractivity contribution in [2.75, 3.05) is 19.8 Å². The number of ether oxygens (including phenoxy) is 3. The highest BCUT2D eigenvalue weighted by atomic mass is 32.1. The molecule has 2 aromatic carbocycles. The Bertz CT molecular complexity index is 1050. The predicted molar refractivity (Wildman–Crippen MR) is 120 cm³/mol. The Balaban J connectivity index is 2.00. The summed E-state index contributed by atoms with van der Waals surface area (Å²) in [5, 5.41) is 0. The van der Waals surface area contributed by atoms with Crippen LogP contribution in [0.5, 0.6) is 11.5 Å². The molecule has 3 aromatic rings. The van der Waals surface area contributed by atoms with Gasteiger partial charge in [0.05, 0.1) is 24.0 Å². The molecule has 0 N–H and O–H groups in total. The van der Waals surface area contributed by atoms with Crippen molar-refractivity contribution in [3.8, 4) is 11.5 Å². The van der Waals surface area contributed by atoms with E-state index in [-0.39, 0.29) is 12.0 Å². The third-order valence-corrected chi connectivity index (χ3v) is 5.34. The highest BCUT2D eigenvalue weighted by molar-refractivity contribution is 7.16. The molecule has 0 aliphatic heterocycles. The fourth-order valence-electron chi connectivity index (χ4n) is 3.06. The Kier molecular flexibility index (Phi) is 7.65. The summed E-state index contributed by atoms with van der Waals surface area (Å²) in [7, 11) is 0. The Morgan fingerprint density at radius 1 is 1.10 bits per heavy atom. The monoisotopic (exact) mass is 428 g/mol. The smallest absolute Gasteiger partial charge is 0.279 e. The number of aromatic nitrogens is 1. The molecule has 0 unspecified atom stereocenters. The van der Waals surface area contributed by atoms with Gasteiger partial charge in [0.25, 0.3) is 5.91 Å². The van der Waals surface area contributed by atoms with Crippen molar-refractivity contribution in [3.05, 3.63) is 52.8 Å². The van der Waals surface area contributed by atoms with E-state index in [4.69, 9.17) is 14.2 Å². The van der Waals surface area contributed by atoms with Crippen LogP contribution in [0.3, 0.4) is 0 Å². The molecular formula is C23H28N2O4S. The van der Waals surface area contributed by atoms with Gasteiger partial charge in [-0.3, -0.25) is 4.79 Å². The van der Waals surface area contributed by atoms with Crippen molar-refractivity contribution in [3.63, 3.8) is 0 Å². The van der Waals surface area contributed by atoms with Gasteiger partial charge in [-0.05, 0) is 64.1 Å². The summed E-state index contributed by atoms with van der Waals surface area (Å²) in [4.78, 5) is 17.9. The average Bonchev–Trinajstić information content (AvgIpc) is 3.06. The lowest BCUT2D eigenvalue weighted by Crippen LogP contribution is -2.20. The molecule has 1 heterocycles. The SMILES string of the molecule is CCOCCn1c(=NC(=O)c2ccc(OC(C)C)cc2)sc2cccc(OCC)c21. The molecule has 0 fully saturated rings. The number of thiazole rings is 1. The van der Waals surface area contributed by atoms with Crippen LogP contribution >= 0.6 is 11.3 Å². The first-order chi connectivity index (χ1) is 14.5. The fraction of sp³-hybridized carbons (Fsp3) is 0.391. The Morgan fingerprint density at radius 3 is 2.53 bits per heavy atom. The third-order valence-electron chi connectivity index (χ3n) is 4.30. The van der Waals surface area contributed by atoms with Crippen LogP contribution < -0.4 is 14.3 Å². The molecule has 6 nitrogen and oxygen atoms in total. The number of rotatable bonds is 9. The summed E-state index contributed by atoms with van der Waals surface area (Å²) < 4.78 is 20.0. The topological polar surface area (TPSA) is 62.1 Å². The van der Waals surface area contributed by atoms with Crippen molar-refractivity contribution in [1.29, 1.82) is 0 Å². The minimum atomic E-state index is -0.291. The number of carbonyl (C=O) groups is 1. The van der Waals surface area contributed by atoms with E-state index in [9.17, 15) is 4.79 Å². The van der Waals surface area contributed by atoms with E-state index in [1.54, 1.807) is 24.3 Å². The molecule has 0 saturated heterocycles. The average molecular weight is 429 g/mol. The van der Waals surface area contributed by atoms with Crippen LogP contribution in [0.25, 0.3) is 10.2 Å². The number of nitrogens with zero attached hydrogens (tertiary/aromatic N) is 2.